The van der Waals surface area contributed by atoms with Crippen LogP contribution >= 0.6 is 0 Å². The molecule has 3 heterocycles. The molecule has 4 fully saturated rings. The summed E-state index contributed by atoms with van der Waals surface area (Å²) in [6.07, 6.45) is 9.65. The van der Waals surface area contributed by atoms with Gasteiger partial charge < -0.3 is 34.9 Å². The van der Waals surface area contributed by atoms with Gasteiger partial charge in [0.05, 0.1) is 29.0 Å². The van der Waals surface area contributed by atoms with Crippen molar-refractivity contribution >= 4 is 44.7 Å². The molecule has 60 heavy (non-hydrogen) atoms. The second-order valence-corrected chi connectivity index (χ2v) is 20.6. The van der Waals surface area contributed by atoms with E-state index in [4.69, 9.17) is 19.2 Å². The summed E-state index contributed by atoms with van der Waals surface area (Å²) < 4.78 is 46.5. The van der Waals surface area contributed by atoms with E-state index in [0.29, 0.717) is 48.9 Å². The SMILES string of the molecule is C=C[C@@H]1C[C@]1(NC(=O)[C@@H]1C[C@@H]2CN1C(=O)[C@H](C(C)(C)C)NC(=O)O[C@@H]1CCC[C@H]1CCC=CCc1c(nc3ccccc3c1OCCCO)O2)C(=O)NS(=O)(=O)C1(C)CC1. The maximum atomic E-state index is 14.9. The highest BCUT2D eigenvalue weighted by atomic mass is 32.2. The number of carbonyl (C=O) groups excluding carboxylic acids is 4. The maximum absolute atomic E-state index is 14.9. The highest BCUT2D eigenvalue weighted by Crippen LogP contribution is 2.47. The number of alkyl carbamates (subject to hydrolysis) is 1. The third-order valence-corrected chi connectivity index (χ3v) is 15.0. The summed E-state index contributed by atoms with van der Waals surface area (Å²) >= 11 is 0. The van der Waals surface area contributed by atoms with E-state index < -0.39 is 73.6 Å². The number of amides is 4. The van der Waals surface area contributed by atoms with Crippen molar-refractivity contribution < 1.29 is 46.9 Å². The molecule has 16 heteroatoms. The van der Waals surface area contributed by atoms with Crippen LogP contribution in [0.15, 0.2) is 49.1 Å². The number of nitrogens with one attached hydrogen (secondary N) is 3. The Hall–Kier alpha value is -4.70. The van der Waals surface area contributed by atoms with E-state index in [1.807, 2.05) is 51.1 Å². The number of hydrogen-bond donors (Lipinski definition) is 4. The normalized spacial score (nSPS) is 29.1. The second-order valence-electron chi connectivity index (χ2n) is 18.4. The van der Waals surface area contributed by atoms with Crippen LogP contribution in [0.4, 0.5) is 4.79 Å². The number of pyridine rings is 1. The molecule has 5 aliphatic rings. The van der Waals surface area contributed by atoms with Gasteiger partial charge in [-0.15, -0.1) is 6.58 Å². The van der Waals surface area contributed by atoms with E-state index >= 15 is 0 Å². The lowest BCUT2D eigenvalue weighted by Crippen LogP contribution is -2.60. The summed E-state index contributed by atoms with van der Waals surface area (Å²) in [7, 11) is -4.02. The topological polar surface area (TPSA) is 203 Å². The van der Waals surface area contributed by atoms with Crippen LogP contribution < -0.4 is 24.8 Å². The van der Waals surface area contributed by atoms with Gasteiger partial charge in [-0.05, 0) is 88.2 Å². The van der Waals surface area contributed by atoms with Gasteiger partial charge in [-0.1, -0.05) is 51.1 Å². The summed E-state index contributed by atoms with van der Waals surface area (Å²) in [6.45, 7) is 10.9. The molecule has 2 aliphatic heterocycles. The van der Waals surface area contributed by atoms with Gasteiger partial charge in [0.25, 0.3) is 5.91 Å². The van der Waals surface area contributed by atoms with Gasteiger partial charge in [-0.2, -0.15) is 0 Å². The predicted molar refractivity (Wildman–Crippen MR) is 223 cm³/mol. The van der Waals surface area contributed by atoms with Crippen LogP contribution in [0.5, 0.6) is 11.6 Å². The van der Waals surface area contributed by atoms with Crippen molar-refractivity contribution in [2.45, 2.75) is 133 Å². The van der Waals surface area contributed by atoms with Crippen LogP contribution in [-0.4, -0.2) is 102 Å². The van der Waals surface area contributed by atoms with Crippen molar-refractivity contribution in [3.8, 4) is 11.6 Å². The number of sulfonamides is 1. The molecule has 2 aromatic rings. The first-order valence-corrected chi connectivity index (χ1v) is 22.7. The van der Waals surface area contributed by atoms with Crippen LogP contribution in [0.25, 0.3) is 10.9 Å². The lowest BCUT2D eigenvalue weighted by molar-refractivity contribution is -0.143. The van der Waals surface area contributed by atoms with Crippen molar-refractivity contribution in [2.24, 2.45) is 17.3 Å². The lowest BCUT2D eigenvalue weighted by Gasteiger charge is -2.35. The first-order chi connectivity index (χ1) is 28.5. The third-order valence-electron chi connectivity index (χ3n) is 12.9. The molecule has 2 bridgehead atoms. The van der Waals surface area contributed by atoms with Crippen molar-refractivity contribution in [1.29, 1.82) is 0 Å². The van der Waals surface area contributed by atoms with E-state index in [9.17, 15) is 32.7 Å². The minimum Gasteiger partial charge on any atom is -0.492 e. The highest BCUT2D eigenvalue weighted by molar-refractivity contribution is 7.91. The van der Waals surface area contributed by atoms with Crippen molar-refractivity contribution in [3.63, 3.8) is 0 Å². The molecule has 1 aromatic carbocycles. The number of hydrogen-bond acceptors (Lipinski definition) is 11. The number of aliphatic hydroxyl groups is 1. The summed E-state index contributed by atoms with van der Waals surface area (Å²) in [4.78, 5) is 63.2. The van der Waals surface area contributed by atoms with Crippen LogP contribution in [0.3, 0.4) is 0 Å². The average molecular weight is 850 g/mol. The number of aromatic nitrogens is 1. The van der Waals surface area contributed by atoms with E-state index in [1.54, 1.807) is 6.92 Å². The summed E-state index contributed by atoms with van der Waals surface area (Å²) in [6, 6.07) is 5.20. The fourth-order valence-electron chi connectivity index (χ4n) is 8.75. The van der Waals surface area contributed by atoms with Gasteiger partial charge in [0.2, 0.25) is 27.7 Å². The third kappa shape index (κ3) is 8.86. The Morgan fingerprint density at radius 1 is 1.13 bits per heavy atom. The van der Waals surface area contributed by atoms with Gasteiger partial charge in [-0.3, -0.25) is 19.1 Å². The summed E-state index contributed by atoms with van der Waals surface area (Å²) in [5, 5.41) is 16.0. The fourth-order valence-corrected chi connectivity index (χ4v) is 10.1. The molecular formula is C44H59N5O10S. The number of fused-ring (bicyclic) bond motifs is 5. The molecule has 326 valence electrons. The Labute approximate surface area is 352 Å². The first kappa shape index (κ1) is 43.4. The Balaban J connectivity index is 1.26. The molecule has 0 radical (unpaired) electrons. The maximum Gasteiger partial charge on any atom is 0.408 e. The molecule has 15 nitrogen and oxygen atoms in total. The van der Waals surface area contributed by atoms with E-state index in [-0.39, 0.29) is 50.5 Å². The average Bonchev–Trinajstić information content (AvgIpc) is 4.01. The number of ether oxygens (including phenoxy) is 3. The van der Waals surface area contributed by atoms with Crippen LogP contribution in [-0.2, 0) is 35.6 Å². The van der Waals surface area contributed by atoms with Gasteiger partial charge in [0.15, 0.2) is 0 Å². The summed E-state index contributed by atoms with van der Waals surface area (Å²) in [5.74, 6) is -1.66. The zero-order chi connectivity index (χ0) is 43.0. The number of nitrogens with zero attached hydrogens (tertiary/aromatic N) is 2. The zero-order valence-corrected chi connectivity index (χ0v) is 35.9. The smallest absolute Gasteiger partial charge is 0.408 e. The molecule has 3 saturated carbocycles. The Morgan fingerprint density at radius 2 is 1.90 bits per heavy atom. The molecule has 7 rings (SSSR count). The first-order valence-electron chi connectivity index (χ1n) is 21.3. The predicted octanol–water partition coefficient (Wildman–Crippen LogP) is 4.61. The zero-order valence-electron chi connectivity index (χ0n) is 35.0. The molecule has 1 aromatic heterocycles. The molecule has 4 N–H and O–H groups in total. The number of carbonyl (C=O) groups is 4. The minimum absolute atomic E-state index is 0.0139. The second kappa shape index (κ2) is 17.0. The molecule has 0 spiro atoms. The molecule has 0 unspecified atom stereocenters. The number of rotatable bonds is 10. The fraction of sp³-hybridized carbons (Fsp3) is 0.614. The molecule has 3 aliphatic carbocycles. The Bertz CT molecular complexity index is 2150. The van der Waals surface area contributed by atoms with Gasteiger partial charge in [0.1, 0.15) is 35.6 Å². The largest absolute Gasteiger partial charge is 0.492 e. The highest BCUT2D eigenvalue weighted by Gasteiger charge is 2.63. The van der Waals surface area contributed by atoms with Crippen molar-refractivity contribution in [1.82, 2.24) is 25.2 Å². The van der Waals surface area contributed by atoms with Gasteiger partial charge in [0, 0.05) is 30.8 Å². The van der Waals surface area contributed by atoms with Crippen LogP contribution in [0.1, 0.15) is 97.5 Å². The van der Waals surface area contributed by atoms with Gasteiger partial charge >= 0.3 is 6.09 Å². The quantitative estimate of drug-likeness (QED) is 0.192. The Kier molecular flexibility index (Phi) is 12.3. The van der Waals surface area contributed by atoms with Crippen LogP contribution in [0.2, 0.25) is 0 Å². The molecular weight excluding hydrogens is 791 g/mol. The summed E-state index contributed by atoms with van der Waals surface area (Å²) in [5.41, 5.74) is -1.15. The number of allylic oxidation sites excluding steroid dienone is 2. The van der Waals surface area contributed by atoms with Crippen molar-refractivity contribution in [3.05, 3.63) is 54.6 Å². The molecule has 4 amide bonds. The minimum atomic E-state index is -4.02. The van der Waals surface area contributed by atoms with Crippen LogP contribution in [0, 0.1) is 17.3 Å². The van der Waals surface area contributed by atoms with Crippen molar-refractivity contribution in [2.75, 3.05) is 19.8 Å². The standard InChI is InChI=1S/C44H59N5O10S/c1-6-28-25-44(28,40(53)48-60(55,56)43(5)20-21-43)47-37(51)33-24-29-26-49(33)39(52)36(42(2,3)4)46-41(54)59-34-19-12-15-27(34)14-8-7-9-17-31-35(57-23-13-22-50)30-16-10-11-18-32(30)45-38(31)58-29/h6-7,9-11,16,18,27-29,33-34,36,50H,1,8,12-15,17,19-26H2,2-5H3,(H,46,54)(H,47,51)(H,48,53)/t27-,28-,29-,33+,34-,36-,44-/m1/s1. The molecule has 7 atom stereocenters. The molecule has 1 saturated heterocycles. The van der Waals surface area contributed by atoms with E-state index in [2.05, 4.69) is 28.0 Å². The monoisotopic (exact) mass is 849 g/mol. The van der Waals surface area contributed by atoms with E-state index in [1.165, 1.54) is 11.0 Å². The number of para-hydroxylation sites is 1. The van der Waals surface area contributed by atoms with E-state index in [0.717, 1.165) is 31.1 Å². The Morgan fingerprint density at radius 3 is 2.60 bits per heavy atom. The number of aliphatic hydroxyl groups excluding tert-OH is 1. The van der Waals surface area contributed by atoms with Gasteiger partial charge in [-0.25, -0.2) is 18.2 Å². The lowest BCUT2D eigenvalue weighted by atomic mass is 9.85. The number of benzene rings is 1.